The molecular formula is C13H17N3O. The summed E-state index contributed by atoms with van der Waals surface area (Å²) in [6.07, 6.45) is 2.36. The van der Waals surface area contributed by atoms with Crippen molar-refractivity contribution in [3.63, 3.8) is 0 Å². The van der Waals surface area contributed by atoms with Crippen molar-refractivity contribution in [3.8, 4) is 0 Å². The van der Waals surface area contributed by atoms with Gasteiger partial charge in [0.2, 0.25) is 5.91 Å². The predicted octanol–water partition coefficient (Wildman–Crippen LogP) is 2.23. The molecule has 1 amide bonds. The van der Waals surface area contributed by atoms with Crippen molar-refractivity contribution in [2.45, 2.75) is 26.8 Å². The van der Waals surface area contributed by atoms with Crippen LogP contribution < -0.4 is 5.32 Å². The maximum absolute atomic E-state index is 11.5. The van der Waals surface area contributed by atoms with E-state index in [1.165, 1.54) is 0 Å². The summed E-state index contributed by atoms with van der Waals surface area (Å²) in [6, 6.07) is 6.02. The zero-order valence-electron chi connectivity index (χ0n) is 10.2. The number of nitrogens with zero attached hydrogens (tertiary/aromatic N) is 1. The highest BCUT2D eigenvalue weighted by molar-refractivity contribution is 5.79. The molecule has 1 aromatic carbocycles. The molecule has 90 valence electrons. The van der Waals surface area contributed by atoms with Crippen molar-refractivity contribution >= 4 is 16.8 Å². The Bertz CT molecular complexity index is 516. The Balaban J connectivity index is 1.96. The SMILES string of the molecule is CC(C)CC(=O)NCc1ccc2cn[nH]c2c1. The molecular weight excluding hydrogens is 214 g/mol. The van der Waals surface area contributed by atoms with Gasteiger partial charge in [-0.05, 0) is 17.5 Å². The molecule has 1 heterocycles. The second-order valence-corrected chi connectivity index (χ2v) is 4.67. The lowest BCUT2D eigenvalue weighted by atomic mass is 10.1. The fourth-order valence-corrected chi connectivity index (χ4v) is 1.74. The summed E-state index contributed by atoms with van der Waals surface area (Å²) in [5.41, 5.74) is 2.08. The Labute approximate surface area is 100 Å². The third-order valence-corrected chi connectivity index (χ3v) is 2.59. The zero-order chi connectivity index (χ0) is 12.3. The number of nitrogens with one attached hydrogen (secondary N) is 2. The summed E-state index contributed by atoms with van der Waals surface area (Å²) in [7, 11) is 0. The number of amides is 1. The maximum atomic E-state index is 11.5. The molecule has 0 aliphatic rings. The van der Waals surface area contributed by atoms with E-state index in [9.17, 15) is 4.79 Å². The van der Waals surface area contributed by atoms with Crippen LogP contribution in [0.1, 0.15) is 25.8 Å². The number of carbonyl (C=O) groups is 1. The van der Waals surface area contributed by atoms with Gasteiger partial charge in [0.1, 0.15) is 0 Å². The largest absolute Gasteiger partial charge is 0.352 e. The molecule has 0 radical (unpaired) electrons. The second-order valence-electron chi connectivity index (χ2n) is 4.67. The van der Waals surface area contributed by atoms with E-state index in [4.69, 9.17) is 0 Å². The lowest BCUT2D eigenvalue weighted by molar-refractivity contribution is -0.121. The number of aromatic nitrogens is 2. The molecule has 17 heavy (non-hydrogen) atoms. The zero-order valence-corrected chi connectivity index (χ0v) is 10.2. The summed E-state index contributed by atoms with van der Waals surface area (Å²) in [5, 5.41) is 10.9. The number of rotatable bonds is 4. The number of aromatic amines is 1. The first-order chi connectivity index (χ1) is 8.15. The first-order valence-electron chi connectivity index (χ1n) is 5.84. The van der Waals surface area contributed by atoms with Crippen LogP contribution in [0.5, 0.6) is 0 Å². The first kappa shape index (κ1) is 11.6. The van der Waals surface area contributed by atoms with Crippen molar-refractivity contribution in [2.75, 3.05) is 0 Å². The number of hydrogen-bond acceptors (Lipinski definition) is 2. The van der Waals surface area contributed by atoms with Crippen molar-refractivity contribution in [1.82, 2.24) is 15.5 Å². The molecule has 2 aromatic rings. The summed E-state index contributed by atoms with van der Waals surface area (Å²) < 4.78 is 0. The molecule has 0 atom stereocenters. The van der Waals surface area contributed by atoms with Gasteiger partial charge in [-0.15, -0.1) is 0 Å². The van der Waals surface area contributed by atoms with E-state index < -0.39 is 0 Å². The molecule has 4 heteroatoms. The molecule has 1 aromatic heterocycles. The van der Waals surface area contributed by atoms with Gasteiger partial charge in [0.25, 0.3) is 0 Å². The monoisotopic (exact) mass is 231 g/mol. The summed E-state index contributed by atoms with van der Waals surface area (Å²) in [5.74, 6) is 0.495. The number of carbonyl (C=O) groups excluding carboxylic acids is 1. The van der Waals surface area contributed by atoms with Crippen LogP contribution in [0.2, 0.25) is 0 Å². The number of H-pyrrole nitrogens is 1. The molecule has 0 aliphatic carbocycles. The minimum Gasteiger partial charge on any atom is -0.352 e. The average molecular weight is 231 g/mol. The Hall–Kier alpha value is -1.84. The van der Waals surface area contributed by atoms with Crippen molar-refractivity contribution < 1.29 is 4.79 Å². The lowest BCUT2D eigenvalue weighted by Gasteiger charge is -2.07. The number of fused-ring (bicyclic) bond motifs is 1. The Morgan fingerprint density at radius 3 is 3.06 bits per heavy atom. The fourth-order valence-electron chi connectivity index (χ4n) is 1.74. The molecule has 0 spiro atoms. The third-order valence-electron chi connectivity index (χ3n) is 2.59. The van der Waals surface area contributed by atoms with Crippen molar-refractivity contribution in [1.29, 1.82) is 0 Å². The van der Waals surface area contributed by atoms with Crippen LogP contribution in [-0.4, -0.2) is 16.1 Å². The third kappa shape index (κ3) is 3.06. The van der Waals surface area contributed by atoms with E-state index in [1.54, 1.807) is 6.20 Å². The van der Waals surface area contributed by atoms with Gasteiger partial charge in [0.15, 0.2) is 0 Å². The van der Waals surface area contributed by atoms with E-state index in [0.717, 1.165) is 16.5 Å². The van der Waals surface area contributed by atoms with E-state index >= 15 is 0 Å². The number of benzene rings is 1. The highest BCUT2D eigenvalue weighted by atomic mass is 16.1. The Kier molecular flexibility index (Phi) is 3.42. The standard InChI is InChI=1S/C13H17N3O/c1-9(2)5-13(17)14-7-10-3-4-11-8-15-16-12(11)6-10/h3-4,6,8-9H,5,7H2,1-2H3,(H,14,17)(H,15,16). The minimum atomic E-state index is 0.102. The van der Waals surface area contributed by atoms with Crippen LogP contribution in [0.4, 0.5) is 0 Å². The molecule has 2 rings (SSSR count). The van der Waals surface area contributed by atoms with Gasteiger partial charge < -0.3 is 5.32 Å². The summed E-state index contributed by atoms with van der Waals surface area (Å²) >= 11 is 0. The van der Waals surface area contributed by atoms with E-state index in [0.29, 0.717) is 18.9 Å². The van der Waals surface area contributed by atoms with E-state index in [2.05, 4.69) is 15.5 Å². The maximum Gasteiger partial charge on any atom is 0.220 e. The van der Waals surface area contributed by atoms with E-state index in [1.807, 2.05) is 32.0 Å². The summed E-state index contributed by atoms with van der Waals surface area (Å²) in [4.78, 5) is 11.5. The van der Waals surface area contributed by atoms with Crippen molar-refractivity contribution in [2.24, 2.45) is 5.92 Å². The normalized spacial score (nSPS) is 11.0. The van der Waals surface area contributed by atoms with Gasteiger partial charge >= 0.3 is 0 Å². The smallest absolute Gasteiger partial charge is 0.220 e. The van der Waals surface area contributed by atoms with Gasteiger partial charge in [-0.25, -0.2) is 0 Å². The molecule has 0 saturated heterocycles. The minimum absolute atomic E-state index is 0.102. The lowest BCUT2D eigenvalue weighted by Crippen LogP contribution is -2.23. The van der Waals surface area contributed by atoms with Gasteiger partial charge in [-0.2, -0.15) is 5.10 Å². The Morgan fingerprint density at radius 1 is 1.47 bits per heavy atom. The molecule has 2 N–H and O–H groups in total. The van der Waals surface area contributed by atoms with E-state index in [-0.39, 0.29) is 5.91 Å². The number of hydrogen-bond donors (Lipinski definition) is 2. The van der Waals surface area contributed by atoms with Gasteiger partial charge in [0, 0.05) is 18.4 Å². The van der Waals surface area contributed by atoms with Crippen LogP contribution >= 0.6 is 0 Å². The predicted molar refractivity (Wildman–Crippen MR) is 67.4 cm³/mol. The topological polar surface area (TPSA) is 57.8 Å². The van der Waals surface area contributed by atoms with Crippen LogP contribution in [0.3, 0.4) is 0 Å². The van der Waals surface area contributed by atoms with Crippen LogP contribution in [0.15, 0.2) is 24.4 Å². The molecule has 0 aliphatic heterocycles. The van der Waals surface area contributed by atoms with Gasteiger partial charge in [-0.3, -0.25) is 9.89 Å². The summed E-state index contributed by atoms with van der Waals surface area (Å²) in [6.45, 7) is 4.65. The fraction of sp³-hybridized carbons (Fsp3) is 0.385. The molecule has 4 nitrogen and oxygen atoms in total. The second kappa shape index (κ2) is 4.99. The molecule has 0 saturated carbocycles. The highest BCUT2D eigenvalue weighted by Gasteiger charge is 2.04. The highest BCUT2D eigenvalue weighted by Crippen LogP contribution is 2.12. The quantitative estimate of drug-likeness (QED) is 0.847. The van der Waals surface area contributed by atoms with Gasteiger partial charge in [-0.1, -0.05) is 26.0 Å². The van der Waals surface area contributed by atoms with Crippen LogP contribution in [0.25, 0.3) is 10.9 Å². The van der Waals surface area contributed by atoms with Crippen molar-refractivity contribution in [3.05, 3.63) is 30.0 Å². The van der Waals surface area contributed by atoms with Crippen LogP contribution in [0, 0.1) is 5.92 Å². The van der Waals surface area contributed by atoms with Gasteiger partial charge in [0.05, 0.1) is 11.7 Å². The molecule has 0 unspecified atom stereocenters. The van der Waals surface area contributed by atoms with Crippen LogP contribution in [-0.2, 0) is 11.3 Å². The molecule has 0 fully saturated rings. The average Bonchev–Trinajstić information content (AvgIpc) is 2.72. The first-order valence-corrected chi connectivity index (χ1v) is 5.84. The Morgan fingerprint density at radius 2 is 2.29 bits per heavy atom. The molecule has 0 bridgehead atoms.